The molecular weight excluding hydrogens is 520 g/mol. The Morgan fingerprint density at radius 3 is 2.38 bits per heavy atom. The number of hydrogen-bond donors (Lipinski definition) is 4. The van der Waals surface area contributed by atoms with Crippen molar-refractivity contribution in [3.8, 4) is 5.75 Å². The number of benzene rings is 2. The molecule has 0 radical (unpaired) electrons. The highest BCUT2D eigenvalue weighted by molar-refractivity contribution is 9.10. The van der Waals surface area contributed by atoms with Gasteiger partial charge in [-0.3, -0.25) is 30.6 Å². The third-order valence-corrected chi connectivity index (χ3v) is 4.81. The molecule has 8 nitrogen and oxygen atoms in total. The number of carbonyl (C=O) groups is 3. The van der Waals surface area contributed by atoms with Gasteiger partial charge in [0.1, 0.15) is 5.75 Å². The monoisotopic (exact) mass is 540 g/mol. The van der Waals surface area contributed by atoms with Gasteiger partial charge in [0.05, 0.1) is 5.02 Å². The van der Waals surface area contributed by atoms with Crippen molar-refractivity contribution < 1.29 is 19.1 Å². The number of hydrogen-bond acceptors (Lipinski definition) is 5. The molecule has 0 unspecified atom stereocenters. The number of rotatable bonds is 7. The van der Waals surface area contributed by atoms with Crippen molar-refractivity contribution >= 4 is 68.3 Å². The number of thiocarbonyl (C=S) groups is 1. The van der Waals surface area contributed by atoms with Crippen molar-refractivity contribution in [3.63, 3.8) is 0 Å². The number of halogens is 2. The van der Waals surface area contributed by atoms with Gasteiger partial charge in [-0.15, -0.1) is 0 Å². The third-order valence-electron chi connectivity index (χ3n) is 3.82. The van der Waals surface area contributed by atoms with Crippen LogP contribution in [0.2, 0.25) is 5.02 Å². The van der Waals surface area contributed by atoms with E-state index in [2.05, 4.69) is 37.4 Å². The highest BCUT2D eigenvalue weighted by atomic mass is 79.9. The minimum absolute atomic E-state index is 0.0913. The fourth-order valence-corrected chi connectivity index (χ4v) is 3.30. The van der Waals surface area contributed by atoms with Crippen LogP contribution >= 0.6 is 39.7 Å². The largest absolute Gasteiger partial charge is 0.482 e. The summed E-state index contributed by atoms with van der Waals surface area (Å²) in [5.41, 5.74) is 5.75. The summed E-state index contributed by atoms with van der Waals surface area (Å²) in [6, 6.07) is 11.3. The first-order valence-electron chi connectivity index (χ1n) is 9.52. The van der Waals surface area contributed by atoms with E-state index >= 15 is 0 Å². The molecule has 0 fully saturated rings. The molecule has 0 spiro atoms. The maximum absolute atomic E-state index is 12.2. The smallest absolute Gasteiger partial charge is 0.269 e. The second-order valence-electron chi connectivity index (χ2n) is 7.04. The van der Waals surface area contributed by atoms with Crippen molar-refractivity contribution in [3.05, 3.63) is 57.5 Å². The maximum atomic E-state index is 12.2. The summed E-state index contributed by atoms with van der Waals surface area (Å²) in [5.74, 6) is -0.496. The van der Waals surface area contributed by atoms with E-state index < -0.39 is 11.8 Å². The maximum Gasteiger partial charge on any atom is 0.269 e. The Labute approximate surface area is 204 Å². The molecule has 4 N–H and O–H groups in total. The van der Waals surface area contributed by atoms with Gasteiger partial charge in [-0.1, -0.05) is 41.4 Å². The molecular formula is C21H22BrClN4O4S. The number of carbonyl (C=O) groups excluding carboxylic acids is 3. The summed E-state index contributed by atoms with van der Waals surface area (Å²) in [6.07, 6.45) is 0.413. The van der Waals surface area contributed by atoms with Crippen LogP contribution in [0, 0.1) is 5.92 Å². The lowest BCUT2D eigenvalue weighted by molar-refractivity contribution is -0.121. The zero-order chi connectivity index (χ0) is 23.7. The van der Waals surface area contributed by atoms with Crippen molar-refractivity contribution in [2.45, 2.75) is 20.3 Å². The minimum Gasteiger partial charge on any atom is -0.482 e. The van der Waals surface area contributed by atoms with E-state index in [1.807, 2.05) is 13.8 Å². The molecule has 0 heterocycles. The molecule has 170 valence electrons. The fourth-order valence-electron chi connectivity index (χ4n) is 2.40. The Morgan fingerprint density at radius 1 is 1.06 bits per heavy atom. The minimum atomic E-state index is -0.530. The van der Waals surface area contributed by atoms with Crippen LogP contribution in [0.15, 0.2) is 46.9 Å². The number of amides is 3. The molecule has 2 aromatic carbocycles. The molecule has 11 heteroatoms. The first kappa shape index (κ1) is 25.6. The second kappa shape index (κ2) is 12.4. The van der Waals surface area contributed by atoms with Crippen LogP contribution in [0.5, 0.6) is 5.75 Å². The van der Waals surface area contributed by atoms with E-state index in [1.54, 1.807) is 42.5 Å². The molecule has 0 aliphatic rings. The van der Waals surface area contributed by atoms with E-state index in [4.69, 9.17) is 28.6 Å². The van der Waals surface area contributed by atoms with Gasteiger partial charge in [-0.05, 0) is 60.6 Å². The van der Waals surface area contributed by atoms with Gasteiger partial charge in [0.15, 0.2) is 11.7 Å². The lowest BCUT2D eigenvalue weighted by Crippen LogP contribution is -2.49. The van der Waals surface area contributed by atoms with E-state index in [0.29, 0.717) is 28.4 Å². The summed E-state index contributed by atoms with van der Waals surface area (Å²) < 4.78 is 6.12. The van der Waals surface area contributed by atoms with E-state index in [1.165, 1.54) is 0 Å². The van der Waals surface area contributed by atoms with Crippen LogP contribution in [-0.2, 0) is 9.59 Å². The predicted molar refractivity (Wildman–Crippen MR) is 131 cm³/mol. The second-order valence-corrected chi connectivity index (χ2v) is 8.77. The van der Waals surface area contributed by atoms with Gasteiger partial charge in [-0.25, -0.2) is 0 Å². The number of anilines is 1. The van der Waals surface area contributed by atoms with Gasteiger partial charge in [0, 0.05) is 22.1 Å². The highest BCUT2D eigenvalue weighted by Crippen LogP contribution is 2.27. The average Bonchev–Trinajstić information content (AvgIpc) is 2.71. The quantitative estimate of drug-likeness (QED) is 0.314. The Kier molecular flexibility index (Phi) is 9.89. The van der Waals surface area contributed by atoms with Crippen LogP contribution in [-0.4, -0.2) is 29.4 Å². The van der Waals surface area contributed by atoms with E-state index in [-0.39, 0.29) is 23.5 Å². The van der Waals surface area contributed by atoms with E-state index in [0.717, 1.165) is 4.47 Å². The summed E-state index contributed by atoms with van der Waals surface area (Å²) in [5, 5.41) is 5.39. The Hall–Kier alpha value is -2.69. The summed E-state index contributed by atoms with van der Waals surface area (Å²) in [7, 11) is 0. The molecule has 0 saturated heterocycles. The Bertz CT molecular complexity index is 1000. The van der Waals surface area contributed by atoms with Crippen molar-refractivity contribution in [2.24, 2.45) is 5.92 Å². The third kappa shape index (κ3) is 8.81. The van der Waals surface area contributed by atoms with Gasteiger partial charge < -0.3 is 10.1 Å². The van der Waals surface area contributed by atoms with Gasteiger partial charge in [0.2, 0.25) is 5.91 Å². The van der Waals surface area contributed by atoms with Crippen molar-refractivity contribution in [2.75, 3.05) is 11.9 Å². The molecule has 32 heavy (non-hydrogen) atoms. The van der Waals surface area contributed by atoms with Crippen molar-refractivity contribution in [1.82, 2.24) is 16.2 Å². The van der Waals surface area contributed by atoms with Crippen LogP contribution in [0.1, 0.15) is 30.6 Å². The standard InChI is InChI=1S/C21H22BrClN4O4S/c1-12(2)9-18(28)24-15-6-3-13(4-7-15)20(30)26-27-21(32)25-19(29)11-31-17-8-5-14(22)10-16(17)23/h3-8,10,12H,9,11H2,1-2H3,(H,24,28)(H,26,30)(H2,25,27,29,32). The molecule has 0 bridgehead atoms. The van der Waals surface area contributed by atoms with Crippen LogP contribution in [0.25, 0.3) is 0 Å². The molecule has 2 aromatic rings. The highest BCUT2D eigenvalue weighted by Gasteiger charge is 2.11. The van der Waals surface area contributed by atoms with Gasteiger partial charge in [-0.2, -0.15) is 0 Å². The first-order valence-corrected chi connectivity index (χ1v) is 11.1. The normalized spacial score (nSPS) is 10.3. The average molecular weight is 542 g/mol. The molecule has 0 aromatic heterocycles. The SMILES string of the molecule is CC(C)CC(=O)Nc1ccc(C(=O)NNC(=S)NC(=O)COc2ccc(Br)cc2Cl)cc1. The Balaban J connectivity index is 1.75. The van der Waals surface area contributed by atoms with Crippen LogP contribution in [0.4, 0.5) is 5.69 Å². The molecule has 0 aliphatic heterocycles. The number of ether oxygens (including phenoxy) is 1. The molecule has 3 amide bonds. The zero-order valence-electron chi connectivity index (χ0n) is 17.3. The molecule has 0 saturated carbocycles. The summed E-state index contributed by atoms with van der Waals surface area (Å²) >= 11 is 14.3. The first-order chi connectivity index (χ1) is 15.1. The summed E-state index contributed by atoms with van der Waals surface area (Å²) in [4.78, 5) is 36.0. The molecule has 2 rings (SSSR count). The topological polar surface area (TPSA) is 109 Å². The fraction of sp³-hybridized carbons (Fsp3) is 0.238. The lowest BCUT2D eigenvalue weighted by Gasteiger charge is -2.12. The zero-order valence-corrected chi connectivity index (χ0v) is 20.5. The van der Waals surface area contributed by atoms with Crippen molar-refractivity contribution in [1.29, 1.82) is 0 Å². The number of hydrazine groups is 1. The predicted octanol–water partition coefficient (Wildman–Crippen LogP) is 3.80. The van der Waals surface area contributed by atoms with Crippen LogP contribution < -0.4 is 26.2 Å². The van der Waals surface area contributed by atoms with Gasteiger partial charge in [0.25, 0.3) is 11.8 Å². The van der Waals surface area contributed by atoms with Crippen LogP contribution in [0.3, 0.4) is 0 Å². The Morgan fingerprint density at radius 2 is 1.75 bits per heavy atom. The molecule has 0 aliphatic carbocycles. The lowest BCUT2D eigenvalue weighted by atomic mass is 10.1. The van der Waals surface area contributed by atoms with E-state index in [9.17, 15) is 14.4 Å². The van der Waals surface area contributed by atoms with Gasteiger partial charge >= 0.3 is 0 Å². The summed E-state index contributed by atoms with van der Waals surface area (Å²) in [6.45, 7) is 3.59. The number of nitrogens with one attached hydrogen (secondary N) is 4. The molecule has 0 atom stereocenters.